The van der Waals surface area contributed by atoms with E-state index in [-0.39, 0.29) is 35.8 Å². The molecule has 1 aliphatic carbocycles. The number of nitrogens with zero attached hydrogens (tertiary/aromatic N) is 2. The maximum atomic E-state index is 12.4. The summed E-state index contributed by atoms with van der Waals surface area (Å²) in [6, 6.07) is 4.72. The first kappa shape index (κ1) is 16.7. The van der Waals surface area contributed by atoms with E-state index in [9.17, 15) is 14.9 Å². The van der Waals surface area contributed by atoms with Crippen molar-refractivity contribution in [3.05, 3.63) is 33.9 Å². The highest BCUT2D eigenvalue weighted by Crippen LogP contribution is 2.47. The Balaban J connectivity index is 1.55. The van der Waals surface area contributed by atoms with Gasteiger partial charge in [0.25, 0.3) is 0 Å². The number of carbonyl (C=O) groups is 1. The fraction of sp³-hybridized carbons (Fsp3) is 0.588. The molecule has 1 aliphatic heterocycles. The van der Waals surface area contributed by atoms with Gasteiger partial charge in [0.05, 0.1) is 31.2 Å². The Morgan fingerprint density at radius 1 is 1.46 bits per heavy atom. The number of hydrogen-bond donors (Lipinski definition) is 0. The lowest BCUT2D eigenvalue weighted by Crippen LogP contribution is -2.37. The topological polar surface area (TPSA) is 81.9 Å². The molecule has 24 heavy (non-hydrogen) atoms. The molecule has 3 rings (SSSR count). The number of aryl methyl sites for hydroxylation is 1. The smallest absolute Gasteiger partial charge is 0.310 e. The number of nitro benzene ring substituents is 1. The first-order valence-electron chi connectivity index (χ1n) is 8.22. The standard InChI is InChI=1S/C17H22N2O5/c1-13-2-3-14(19(21)22)15(10-13)24-8-4-16(20)18-7-9-23-12-17(11-18)5-6-17/h2-3,10H,4-9,11-12H2,1H3. The van der Waals surface area contributed by atoms with Gasteiger partial charge < -0.3 is 14.4 Å². The molecule has 7 heteroatoms. The van der Waals surface area contributed by atoms with Crippen LogP contribution in [0.3, 0.4) is 0 Å². The largest absolute Gasteiger partial charge is 0.486 e. The second-order valence-corrected chi connectivity index (χ2v) is 6.69. The lowest BCUT2D eigenvalue weighted by molar-refractivity contribution is -0.385. The summed E-state index contributed by atoms with van der Waals surface area (Å²) in [6.45, 7) is 4.63. The van der Waals surface area contributed by atoms with Crippen LogP contribution in [0.5, 0.6) is 5.75 Å². The van der Waals surface area contributed by atoms with Gasteiger partial charge in [-0.25, -0.2) is 0 Å². The van der Waals surface area contributed by atoms with E-state index in [2.05, 4.69) is 0 Å². The average Bonchev–Trinajstić information content (AvgIpc) is 3.33. The molecule has 0 bridgehead atoms. The van der Waals surface area contributed by atoms with Gasteiger partial charge in [0.15, 0.2) is 5.75 Å². The van der Waals surface area contributed by atoms with Crippen LogP contribution >= 0.6 is 0 Å². The van der Waals surface area contributed by atoms with E-state index in [1.165, 1.54) is 6.07 Å². The molecule has 1 spiro atoms. The van der Waals surface area contributed by atoms with Crippen molar-refractivity contribution in [2.24, 2.45) is 5.41 Å². The number of hydrogen-bond acceptors (Lipinski definition) is 5. The second kappa shape index (κ2) is 6.76. The lowest BCUT2D eigenvalue weighted by atomic mass is 10.1. The van der Waals surface area contributed by atoms with Gasteiger partial charge in [0.1, 0.15) is 0 Å². The Bertz CT molecular complexity index is 642. The summed E-state index contributed by atoms with van der Waals surface area (Å²) in [6.07, 6.45) is 2.44. The number of rotatable bonds is 5. The molecule has 2 aliphatic rings. The molecule has 1 saturated heterocycles. The Morgan fingerprint density at radius 2 is 2.25 bits per heavy atom. The average molecular weight is 334 g/mol. The Hall–Kier alpha value is -2.15. The van der Waals surface area contributed by atoms with Crippen LogP contribution in [0.25, 0.3) is 0 Å². The van der Waals surface area contributed by atoms with Gasteiger partial charge in [-0.05, 0) is 31.4 Å². The monoisotopic (exact) mass is 334 g/mol. The molecule has 1 heterocycles. The van der Waals surface area contributed by atoms with Crippen molar-refractivity contribution in [3.8, 4) is 5.75 Å². The number of carbonyl (C=O) groups excluding carboxylic acids is 1. The van der Waals surface area contributed by atoms with E-state index in [0.717, 1.165) is 31.6 Å². The molecule has 2 fully saturated rings. The third kappa shape index (κ3) is 3.84. The third-order valence-corrected chi connectivity index (χ3v) is 4.64. The SMILES string of the molecule is Cc1ccc([N+](=O)[O-])c(OCCC(=O)N2CCOCC3(CC3)C2)c1. The van der Waals surface area contributed by atoms with Crippen LogP contribution in [0, 0.1) is 22.5 Å². The number of benzene rings is 1. The van der Waals surface area contributed by atoms with Crippen molar-refractivity contribution in [1.82, 2.24) is 4.90 Å². The highest BCUT2D eigenvalue weighted by Gasteiger charge is 2.46. The molecule has 1 saturated carbocycles. The van der Waals surface area contributed by atoms with Gasteiger partial charge in [-0.1, -0.05) is 6.07 Å². The third-order valence-electron chi connectivity index (χ3n) is 4.64. The highest BCUT2D eigenvalue weighted by atomic mass is 16.6. The van der Waals surface area contributed by atoms with Crippen LogP contribution in [-0.2, 0) is 9.53 Å². The summed E-state index contributed by atoms with van der Waals surface area (Å²) >= 11 is 0. The number of amides is 1. The van der Waals surface area contributed by atoms with Crippen LogP contribution < -0.4 is 4.74 Å². The van der Waals surface area contributed by atoms with Crippen LogP contribution in [0.2, 0.25) is 0 Å². The van der Waals surface area contributed by atoms with Crippen molar-refractivity contribution >= 4 is 11.6 Å². The van der Waals surface area contributed by atoms with Crippen LogP contribution in [0.1, 0.15) is 24.8 Å². The van der Waals surface area contributed by atoms with Crippen LogP contribution in [-0.4, -0.2) is 48.6 Å². The summed E-state index contributed by atoms with van der Waals surface area (Å²) < 4.78 is 11.1. The van der Waals surface area contributed by atoms with Gasteiger partial charge in [-0.15, -0.1) is 0 Å². The first-order valence-corrected chi connectivity index (χ1v) is 8.22. The minimum atomic E-state index is -0.473. The Morgan fingerprint density at radius 3 is 2.96 bits per heavy atom. The molecule has 130 valence electrons. The van der Waals surface area contributed by atoms with Crippen LogP contribution in [0.15, 0.2) is 18.2 Å². The van der Waals surface area contributed by atoms with Gasteiger partial charge in [-0.2, -0.15) is 0 Å². The summed E-state index contributed by atoms with van der Waals surface area (Å²) in [5.41, 5.74) is 0.970. The molecule has 0 N–H and O–H groups in total. The van der Waals surface area contributed by atoms with E-state index in [1.54, 1.807) is 12.1 Å². The predicted octanol–water partition coefficient (Wildman–Crippen LogP) is 2.31. The summed E-state index contributed by atoms with van der Waals surface area (Å²) in [7, 11) is 0. The summed E-state index contributed by atoms with van der Waals surface area (Å²) in [4.78, 5) is 24.8. The molecule has 0 unspecified atom stereocenters. The van der Waals surface area contributed by atoms with Gasteiger partial charge in [-0.3, -0.25) is 14.9 Å². The zero-order valence-corrected chi connectivity index (χ0v) is 13.8. The van der Waals surface area contributed by atoms with Crippen molar-refractivity contribution in [1.29, 1.82) is 0 Å². The van der Waals surface area contributed by atoms with E-state index < -0.39 is 4.92 Å². The molecule has 0 atom stereocenters. The molecule has 0 radical (unpaired) electrons. The van der Waals surface area contributed by atoms with E-state index in [1.807, 2.05) is 11.8 Å². The number of ether oxygens (including phenoxy) is 2. The normalized spacial score (nSPS) is 19.0. The number of nitro groups is 1. The Kier molecular flexibility index (Phi) is 4.71. The minimum absolute atomic E-state index is 0.0158. The first-order chi connectivity index (χ1) is 11.5. The lowest BCUT2D eigenvalue weighted by Gasteiger charge is -2.23. The van der Waals surface area contributed by atoms with Crippen LogP contribution in [0.4, 0.5) is 5.69 Å². The molecule has 0 aromatic heterocycles. The molecule has 1 aromatic carbocycles. The second-order valence-electron chi connectivity index (χ2n) is 6.69. The molecule has 1 amide bonds. The van der Waals surface area contributed by atoms with Crippen molar-refractivity contribution in [2.75, 3.05) is 32.9 Å². The quantitative estimate of drug-likeness (QED) is 0.609. The minimum Gasteiger partial charge on any atom is -0.486 e. The predicted molar refractivity (Wildman–Crippen MR) is 87.0 cm³/mol. The zero-order valence-electron chi connectivity index (χ0n) is 13.8. The maximum Gasteiger partial charge on any atom is 0.310 e. The van der Waals surface area contributed by atoms with Gasteiger partial charge in [0, 0.05) is 24.6 Å². The molecular weight excluding hydrogens is 312 g/mol. The maximum absolute atomic E-state index is 12.4. The van der Waals surface area contributed by atoms with Crippen molar-refractivity contribution in [3.63, 3.8) is 0 Å². The summed E-state index contributed by atoms with van der Waals surface area (Å²) in [5, 5.41) is 11.0. The summed E-state index contributed by atoms with van der Waals surface area (Å²) in [5.74, 6) is 0.229. The van der Waals surface area contributed by atoms with Gasteiger partial charge >= 0.3 is 5.69 Å². The molecule has 1 aromatic rings. The van der Waals surface area contributed by atoms with Gasteiger partial charge in [0.2, 0.25) is 5.91 Å². The molecular formula is C17H22N2O5. The molecule has 7 nitrogen and oxygen atoms in total. The zero-order chi connectivity index (χ0) is 17.2. The highest BCUT2D eigenvalue weighted by molar-refractivity contribution is 5.76. The van der Waals surface area contributed by atoms with Crippen molar-refractivity contribution < 1.29 is 19.2 Å². The van der Waals surface area contributed by atoms with Crippen molar-refractivity contribution in [2.45, 2.75) is 26.2 Å². The fourth-order valence-electron chi connectivity index (χ4n) is 2.98. The van der Waals surface area contributed by atoms with E-state index >= 15 is 0 Å². The fourth-order valence-corrected chi connectivity index (χ4v) is 2.98. The Labute approximate surface area is 140 Å². The van der Waals surface area contributed by atoms with E-state index in [4.69, 9.17) is 9.47 Å². The van der Waals surface area contributed by atoms with E-state index in [0.29, 0.717) is 13.2 Å².